The molecule has 0 fully saturated rings. The molecule has 0 saturated heterocycles. The average Bonchev–Trinajstić information content (AvgIpc) is 2.91. The van der Waals surface area contributed by atoms with Gasteiger partial charge in [-0.05, 0) is 37.2 Å². The molecule has 23 heavy (non-hydrogen) atoms. The highest BCUT2D eigenvalue weighted by Gasteiger charge is 2.15. The number of H-pyrrole nitrogens is 1. The van der Waals surface area contributed by atoms with E-state index in [0.29, 0.717) is 16.1 Å². The van der Waals surface area contributed by atoms with E-state index in [1.165, 1.54) is 7.11 Å². The van der Waals surface area contributed by atoms with Crippen LogP contribution in [0.25, 0.3) is 0 Å². The third-order valence-electron chi connectivity index (χ3n) is 3.67. The van der Waals surface area contributed by atoms with Crippen molar-refractivity contribution in [3.8, 4) is 11.5 Å². The van der Waals surface area contributed by atoms with Crippen molar-refractivity contribution in [3.63, 3.8) is 0 Å². The number of nitrogens with one attached hydrogen (secondary N) is 1. The monoisotopic (exact) mass is 354 g/mol. The lowest BCUT2D eigenvalue weighted by molar-refractivity contribution is 0.373. The van der Waals surface area contributed by atoms with E-state index >= 15 is 0 Å². The molecule has 0 aliphatic carbocycles. The lowest BCUT2D eigenvalue weighted by Gasteiger charge is -2.10. The van der Waals surface area contributed by atoms with Crippen molar-refractivity contribution in [2.24, 2.45) is 5.10 Å². The van der Waals surface area contributed by atoms with Crippen LogP contribution >= 0.6 is 23.8 Å². The van der Waals surface area contributed by atoms with Gasteiger partial charge >= 0.3 is 0 Å². The maximum Gasteiger partial charge on any atom is 0.216 e. The van der Waals surface area contributed by atoms with E-state index in [2.05, 4.69) is 29.1 Å². The van der Waals surface area contributed by atoms with Crippen LogP contribution in [0.15, 0.2) is 17.2 Å². The molecule has 2 aromatic rings. The Morgan fingerprint density at radius 2 is 2.17 bits per heavy atom. The van der Waals surface area contributed by atoms with Gasteiger partial charge in [-0.15, -0.1) is 0 Å². The summed E-state index contributed by atoms with van der Waals surface area (Å²) in [6, 6.07) is 3.34. The van der Waals surface area contributed by atoms with E-state index in [9.17, 15) is 5.11 Å². The summed E-state index contributed by atoms with van der Waals surface area (Å²) in [5, 5.41) is 21.5. The second-order valence-electron chi connectivity index (χ2n) is 4.98. The standard InChI is InChI=1S/C15H19ClN4O2S/c1-4-9(5-2)14-18-19-15(23)20(14)17-8-10-6-7-11(22-3)13(21)12(10)16/h6-9,21H,4-5H2,1-3H3,(H,19,23)/b17-8-. The highest BCUT2D eigenvalue weighted by Crippen LogP contribution is 2.35. The smallest absolute Gasteiger partial charge is 0.216 e. The largest absolute Gasteiger partial charge is 0.503 e. The predicted octanol–water partition coefficient (Wildman–Crippen LogP) is 4.09. The number of phenolic OH excluding ortho intramolecular Hbond substituents is 1. The Balaban J connectivity index is 2.40. The molecule has 124 valence electrons. The summed E-state index contributed by atoms with van der Waals surface area (Å²) < 4.78 is 7.02. The lowest BCUT2D eigenvalue weighted by Crippen LogP contribution is -2.05. The molecule has 1 aromatic carbocycles. The van der Waals surface area contributed by atoms with E-state index in [1.807, 2.05) is 0 Å². The predicted molar refractivity (Wildman–Crippen MR) is 93.4 cm³/mol. The third kappa shape index (κ3) is 3.56. The Hall–Kier alpha value is -1.86. The molecule has 1 heterocycles. The minimum absolute atomic E-state index is 0.117. The SMILES string of the molecule is CCC(CC)c1n[nH]c(=S)n1/N=C\c1ccc(OC)c(O)c1Cl. The third-order valence-corrected chi connectivity index (χ3v) is 4.33. The molecule has 8 heteroatoms. The molecular formula is C15H19ClN4O2S. The van der Waals surface area contributed by atoms with Crippen LogP contribution in [-0.4, -0.2) is 33.3 Å². The Bertz CT molecular complexity index is 765. The van der Waals surface area contributed by atoms with E-state index in [0.717, 1.165) is 18.7 Å². The second-order valence-corrected chi connectivity index (χ2v) is 5.74. The maximum absolute atomic E-state index is 9.94. The fourth-order valence-electron chi connectivity index (χ4n) is 2.28. The van der Waals surface area contributed by atoms with Gasteiger partial charge in [0.2, 0.25) is 4.77 Å². The first kappa shape index (κ1) is 17.5. The number of methoxy groups -OCH3 is 1. The van der Waals surface area contributed by atoms with Gasteiger partial charge < -0.3 is 9.84 Å². The summed E-state index contributed by atoms with van der Waals surface area (Å²) in [6.45, 7) is 4.19. The highest BCUT2D eigenvalue weighted by atomic mass is 35.5. The first-order chi connectivity index (χ1) is 11.0. The van der Waals surface area contributed by atoms with Crippen molar-refractivity contribution >= 4 is 30.0 Å². The van der Waals surface area contributed by atoms with Crippen molar-refractivity contribution in [2.45, 2.75) is 32.6 Å². The molecule has 6 nitrogen and oxygen atoms in total. The van der Waals surface area contributed by atoms with E-state index in [-0.39, 0.29) is 16.7 Å². The normalized spacial score (nSPS) is 11.5. The van der Waals surface area contributed by atoms with Crippen molar-refractivity contribution in [1.29, 1.82) is 0 Å². The van der Waals surface area contributed by atoms with E-state index in [1.54, 1.807) is 23.0 Å². The van der Waals surface area contributed by atoms with Gasteiger partial charge in [-0.1, -0.05) is 25.4 Å². The summed E-state index contributed by atoms with van der Waals surface area (Å²) in [7, 11) is 1.46. The molecule has 0 atom stereocenters. The fraction of sp³-hybridized carbons (Fsp3) is 0.400. The zero-order chi connectivity index (χ0) is 17.0. The van der Waals surface area contributed by atoms with Gasteiger partial charge in [-0.25, -0.2) is 0 Å². The molecule has 0 bridgehead atoms. The minimum Gasteiger partial charge on any atom is -0.503 e. The molecular weight excluding hydrogens is 336 g/mol. The van der Waals surface area contributed by atoms with Gasteiger partial charge in [0.1, 0.15) is 0 Å². The lowest BCUT2D eigenvalue weighted by atomic mass is 10.0. The number of aromatic amines is 1. The van der Waals surface area contributed by atoms with Crippen molar-refractivity contribution < 1.29 is 9.84 Å². The number of aromatic nitrogens is 3. The van der Waals surface area contributed by atoms with Gasteiger partial charge in [-0.2, -0.15) is 14.9 Å². The Kier molecular flexibility index (Phi) is 5.79. The number of hydrogen-bond acceptors (Lipinski definition) is 5. The molecule has 1 aromatic heterocycles. The van der Waals surface area contributed by atoms with Crippen LogP contribution in [0.2, 0.25) is 5.02 Å². The number of aromatic hydroxyl groups is 1. The number of halogens is 1. The van der Waals surface area contributed by atoms with Crippen LogP contribution in [0.5, 0.6) is 11.5 Å². The number of ether oxygens (including phenoxy) is 1. The molecule has 0 saturated carbocycles. The maximum atomic E-state index is 9.94. The number of nitrogens with zero attached hydrogens (tertiary/aromatic N) is 3. The highest BCUT2D eigenvalue weighted by molar-refractivity contribution is 7.71. The fourth-order valence-corrected chi connectivity index (χ4v) is 2.67. The second kappa shape index (κ2) is 7.61. The number of benzene rings is 1. The first-order valence-electron chi connectivity index (χ1n) is 7.30. The summed E-state index contributed by atoms with van der Waals surface area (Å²) >= 11 is 11.4. The zero-order valence-corrected chi connectivity index (χ0v) is 14.8. The van der Waals surface area contributed by atoms with Crippen LogP contribution < -0.4 is 4.74 Å². The average molecular weight is 355 g/mol. The van der Waals surface area contributed by atoms with Gasteiger partial charge in [0.15, 0.2) is 17.3 Å². The minimum atomic E-state index is -0.117. The molecule has 2 rings (SSSR count). The first-order valence-corrected chi connectivity index (χ1v) is 8.09. The number of hydrogen-bond donors (Lipinski definition) is 2. The summed E-state index contributed by atoms with van der Waals surface area (Å²) in [5.74, 6) is 1.24. The number of phenols is 1. The van der Waals surface area contributed by atoms with Crippen LogP contribution in [0.4, 0.5) is 0 Å². The van der Waals surface area contributed by atoms with Crippen LogP contribution in [-0.2, 0) is 0 Å². The topological polar surface area (TPSA) is 75.4 Å². The van der Waals surface area contributed by atoms with Gasteiger partial charge in [-0.3, -0.25) is 5.10 Å². The Morgan fingerprint density at radius 1 is 1.48 bits per heavy atom. The van der Waals surface area contributed by atoms with Crippen LogP contribution in [0.1, 0.15) is 44.0 Å². The molecule has 2 N–H and O–H groups in total. The molecule has 0 aliphatic rings. The van der Waals surface area contributed by atoms with Gasteiger partial charge in [0.05, 0.1) is 18.3 Å². The summed E-state index contributed by atoms with van der Waals surface area (Å²) in [4.78, 5) is 0. The van der Waals surface area contributed by atoms with Gasteiger partial charge in [0.25, 0.3) is 0 Å². The number of rotatable bonds is 6. The van der Waals surface area contributed by atoms with Crippen molar-refractivity contribution in [2.75, 3.05) is 7.11 Å². The Labute approximate surface area is 144 Å². The van der Waals surface area contributed by atoms with Crippen molar-refractivity contribution in [3.05, 3.63) is 33.3 Å². The zero-order valence-electron chi connectivity index (χ0n) is 13.2. The molecule has 0 unspecified atom stereocenters. The molecule has 0 radical (unpaired) electrons. The Morgan fingerprint density at radius 3 is 2.78 bits per heavy atom. The van der Waals surface area contributed by atoms with Gasteiger partial charge in [0, 0.05) is 11.5 Å². The van der Waals surface area contributed by atoms with E-state index < -0.39 is 0 Å². The molecule has 0 aliphatic heterocycles. The molecule has 0 amide bonds. The summed E-state index contributed by atoms with van der Waals surface area (Å²) in [5.41, 5.74) is 0.559. The van der Waals surface area contributed by atoms with E-state index in [4.69, 9.17) is 28.6 Å². The quantitative estimate of drug-likeness (QED) is 0.605. The molecule has 0 spiro atoms. The van der Waals surface area contributed by atoms with Crippen molar-refractivity contribution in [1.82, 2.24) is 14.9 Å². The summed E-state index contributed by atoms with van der Waals surface area (Å²) in [6.07, 6.45) is 3.42. The van der Waals surface area contributed by atoms with Crippen LogP contribution in [0.3, 0.4) is 0 Å². The van der Waals surface area contributed by atoms with Crippen LogP contribution in [0, 0.1) is 4.77 Å².